The van der Waals surface area contributed by atoms with Crippen molar-refractivity contribution in [2.45, 2.75) is 69.7 Å². The molecule has 3 aromatic carbocycles. The summed E-state index contributed by atoms with van der Waals surface area (Å²) in [6.07, 6.45) is -1.44. The Morgan fingerprint density at radius 3 is 1.90 bits per heavy atom. The fourth-order valence-electron chi connectivity index (χ4n) is 5.45. The zero-order chi connectivity index (χ0) is 27.7. The molecule has 0 aromatic heterocycles. The molecule has 2 fully saturated rings. The molecule has 0 unspecified atom stereocenters. The van der Waals surface area contributed by atoms with E-state index in [1.165, 1.54) is 6.92 Å². The molecular formula is C32H37NO7. The van der Waals surface area contributed by atoms with Crippen LogP contribution in [0, 0.1) is 0 Å². The van der Waals surface area contributed by atoms with Crippen molar-refractivity contribution in [2.24, 2.45) is 0 Å². The molecule has 5 rings (SSSR count). The van der Waals surface area contributed by atoms with E-state index in [1.807, 2.05) is 96.1 Å². The van der Waals surface area contributed by atoms with Crippen LogP contribution in [0.2, 0.25) is 0 Å². The number of esters is 1. The minimum Gasteiger partial charge on any atom is -0.457 e. The molecule has 0 bridgehead atoms. The van der Waals surface area contributed by atoms with E-state index in [0.717, 1.165) is 16.7 Å². The monoisotopic (exact) mass is 547 g/mol. The van der Waals surface area contributed by atoms with Gasteiger partial charge in [0.1, 0.15) is 18.3 Å². The number of hydrogen-bond donors (Lipinski definition) is 1. The first-order valence-electron chi connectivity index (χ1n) is 13.8. The average Bonchev–Trinajstić information content (AvgIpc) is 3.53. The SMILES string of the molecule is CC(=O)O[C@H](CO)[C@H]1C[C@@H]2[C@@H](OCc3ccccc3)[C@H](OCc3ccccc3)[C@@H](COCc3ccccc3)N2O1. The first kappa shape index (κ1) is 28.4. The van der Waals surface area contributed by atoms with Gasteiger partial charge in [-0.15, -0.1) is 0 Å². The lowest BCUT2D eigenvalue weighted by Crippen LogP contribution is -2.44. The number of nitrogens with zero attached hydrogens (tertiary/aromatic N) is 1. The van der Waals surface area contributed by atoms with E-state index in [0.29, 0.717) is 32.8 Å². The van der Waals surface area contributed by atoms with Crippen molar-refractivity contribution in [3.63, 3.8) is 0 Å². The van der Waals surface area contributed by atoms with Crippen molar-refractivity contribution in [3.8, 4) is 0 Å². The van der Waals surface area contributed by atoms with E-state index < -0.39 is 18.2 Å². The highest BCUT2D eigenvalue weighted by molar-refractivity contribution is 5.66. The maximum Gasteiger partial charge on any atom is 0.303 e. The molecule has 2 heterocycles. The van der Waals surface area contributed by atoms with E-state index in [9.17, 15) is 9.90 Å². The molecule has 2 saturated heterocycles. The molecule has 0 aliphatic carbocycles. The van der Waals surface area contributed by atoms with Crippen molar-refractivity contribution >= 4 is 5.97 Å². The second kappa shape index (κ2) is 14.0. The number of fused-ring (bicyclic) bond motifs is 1. The summed E-state index contributed by atoms with van der Waals surface area (Å²) in [6, 6.07) is 29.6. The predicted octanol–water partition coefficient (Wildman–Crippen LogP) is 4.05. The second-order valence-corrected chi connectivity index (χ2v) is 10.2. The quantitative estimate of drug-likeness (QED) is 0.321. The zero-order valence-corrected chi connectivity index (χ0v) is 22.7. The number of carbonyl (C=O) groups excluding carboxylic acids is 1. The Balaban J connectivity index is 1.37. The van der Waals surface area contributed by atoms with Crippen molar-refractivity contribution in [1.29, 1.82) is 0 Å². The fraction of sp³-hybridized carbons (Fsp3) is 0.406. The summed E-state index contributed by atoms with van der Waals surface area (Å²) in [4.78, 5) is 18.1. The van der Waals surface area contributed by atoms with Gasteiger partial charge < -0.3 is 24.1 Å². The van der Waals surface area contributed by atoms with Gasteiger partial charge in [-0.05, 0) is 23.1 Å². The Bertz CT molecular complexity index is 1180. The average molecular weight is 548 g/mol. The van der Waals surface area contributed by atoms with Gasteiger partial charge >= 0.3 is 5.97 Å². The van der Waals surface area contributed by atoms with E-state index in [-0.39, 0.29) is 30.9 Å². The third-order valence-corrected chi connectivity index (χ3v) is 7.35. The van der Waals surface area contributed by atoms with Crippen LogP contribution in [-0.4, -0.2) is 65.9 Å². The molecule has 3 aromatic rings. The third-order valence-electron chi connectivity index (χ3n) is 7.35. The summed E-state index contributed by atoms with van der Waals surface area (Å²) in [5, 5.41) is 11.9. The molecule has 0 saturated carbocycles. The van der Waals surface area contributed by atoms with Gasteiger partial charge in [-0.3, -0.25) is 9.63 Å². The Hall–Kier alpha value is -3.11. The molecular weight excluding hydrogens is 510 g/mol. The molecule has 6 atom stereocenters. The molecule has 1 N–H and O–H groups in total. The number of benzene rings is 3. The van der Waals surface area contributed by atoms with Crippen molar-refractivity contribution < 1.29 is 33.7 Å². The van der Waals surface area contributed by atoms with Crippen LogP contribution in [-0.2, 0) is 48.4 Å². The summed E-state index contributed by atoms with van der Waals surface area (Å²) < 4.78 is 24.7. The van der Waals surface area contributed by atoms with Gasteiger partial charge in [0.2, 0.25) is 0 Å². The van der Waals surface area contributed by atoms with Crippen LogP contribution in [0.3, 0.4) is 0 Å². The van der Waals surface area contributed by atoms with Gasteiger partial charge in [-0.2, -0.15) is 5.06 Å². The Morgan fingerprint density at radius 1 is 0.850 bits per heavy atom. The number of rotatable bonds is 13. The van der Waals surface area contributed by atoms with Crippen LogP contribution in [0.5, 0.6) is 0 Å². The van der Waals surface area contributed by atoms with E-state index in [2.05, 4.69) is 0 Å². The van der Waals surface area contributed by atoms with Gasteiger partial charge in [0.05, 0.1) is 45.1 Å². The largest absolute Gasteiger partial charge is 0.457 e. The summed E-state index contributed by atoms with van der Waals surface area (Å²) in [6.45, 7) is 2.63. The van der Waals surface area contributed by atoms with Crippen LogP contribution in [0.15, 0.2) is 91.0 Å². The number of aliphatic hydroxyl groups excluding tert-OH is 1. The summed E-state index contributed by atoms with van der Waals surface area (Å²) >= 11 is 0. The van der Waals surface area contributed by atoms with Crippen molar-refractivity contribution in [1.82, 2.24) is 5.06 Å². The first-order chi connectivity index (χ1) is 19.6. The lowest BCUT2D eigenvalue weighted by atomic mass is 10.00. The zero-order valence-electron chi connectivity index (χ0n) is 22.7. The molecule has 40 heavy (non-hydrogen) atoms. The molecule has 8 heteroatoms. The molecule has 2 aliphatic heterocycles. The number of aliphatic hydroxyl groups is 1. The smallest absolute Gasteiger partial charge is 0.303 e. The predicted molar refractivity (Wildman–Crippen MR) is 148 cm³/mol. The van der Waals surface area contributed by atoms with Gasteiger partial charge in [-0.25, -0.2) is 0 Å². The Morgan fingerprint density at radius 2 is 1.38 bits per heavy atom. The van der Waals surface area contributed by atoms with E-state index in [4.69, 9.17) is 23.8 Å². The fourth-order valence-corrected chi connectivity index (χ4v) is 5.45. The molecule has 212 valence electrons. The van der Waals surface area contributed by atoms with E-state index >= 15 is 0 Å². The molecule has 8 nitrogen and oxygen atoms in total. The molecule has 2 aliphatic rings. The highest BCUT2D eigenvalue weighted by atomic mass is 16.7. The third kappa shape index (κ3) is 7.14. The number of ether oxygens (including phenoxy) is 4. The molecule has 0 radical (unpaired) electrons. The topological polar surface area (TPSA) is 86.7 Å². The highest BCUT2D eigenvalue weighted by Crippen LogP contribution is 2.40. The molecule has 0 amide bonds. The van der Waals surface area contributed by atoms with Gasteiger partial charge in [0.15, 0.2) is 6.10 Å². The lowest BCUT2D eigenvalue weighted by Gasteiger charge is -2.30. The van der Waals surface area contributed by atoms with Crippen LogP contribution in [0.4, 0.5) is 0 Å². The van der Waals surface area contributed by atoms with Crippen LogP contribution in [0.25, 0.3) is 0 Å². The van der Waals surface area contributed by atoms with Crippen molar-refractivity contribution in [3.05, 3.63) is 108 Å². The first-order valence-corrected chi connectivity index (χ1v) is 13.8. The summed E-state index contributed by atoms with van der Waals surface area (Å²) in [5.74, 6) is -0.460. The van der Waals surface area contributed by atoms with Crippen molar-refractivity contribution in [2.75, 3.05) is 13.2 Å². The summed E-state index contributed by atoms with van der Waals surface area (Å²) in [7, 11) is 0. The van der Waals surface area contributed by atoms with Gasteiger partial charge in [0, 0.05) is 6.92 Å². The standard InChI is InChI=1S/C32H37NO7/c1-23(35)39-30(18-34)29-17-27-31(37-20-25-13-7-3-8-14-25)32(38-21-26-15-9-4-10-16-26)28(33(27)40-29)22-36-19-24-11-5-2-6-12-24/h2-16,27-32,34H,17-22H2,1H3/t27-,28-,29-,30-,31-,32-/m1/s1. The number of carbonyl (C=O) groups is 1. The highest BCUT2D eigenvalue weighted by Gasteiger charge is 2.57. The van der Waals surface area contributed by atoms with Gasteiger partial charge in [0.25, 0.3) is 0 Å². The maximum atomic E-state index is 11.7. The lowest BCUT2D eigenvalue weighted by molar-refractivity contribution is -0.221. The normalized spacial score (nSPS) is 25.0. The minimum absolute atomic E-state index is 0.176. The van der Waals surface area contributed by atoms with Crippen LogP contribution in [0.1, 0.15) is 30.0 Å². The second-order valence-electron chi connectivity index (χ2n) is 10.2. The minimum atomic E-state index is -0.771. The number of hydroxylamine groups is 2. The Kier molecular flexibility index (Phi) is 9.94. The summed E-state index contributed by atoms with van der Waals surface area (Å²) in [5.41, 5.74) is 3.20. The van der Waals surface area contributed by atoms with Crippen LogP contribution < -0.4 is 0 Å². The maximum absolute atomic E-state index is 11.7. The Labute approximate surface area is 235 Å². The van der Waals surface area contributed by atoms with E-state index in [1.54, 1.807) is 0 Å². The number of hydrogen-bond acceptors (Lipinski definition) is 8. The molecule has 0 spiro atoms. The van der Waals surface area contributed by atoms with Crippen LogP contribution >= 0.6 is 0 Å². The van der Waals surface area contributed by atoms with Gasteiger partial charge in [-0.1, -0.05) is 91.0 Å².